The van der Waals surface area contributed by atoms with Gasteiger partial charge in [0.05, 0.1) is 35.7 Å². The molecule has 8 N–H and O–H groups in total. The van der Waals surface area contributed by atoms with Crippen LogP contribution in [0.4, 0.5) is 4.39 Å². The van der Waals surface area contributed by atoms with Crippen molar-refractivity contribution in [3.05, 3.63) is 81.1 Å². The number of guanidine groups is 1. The smallest absolute Gasteiger partial charge is 0.354 e. The Morgan fingerprint density at radius 1 is 1.29 bits per heavy atom. The maximum Gasteiger partial charge on any atom is 0.354 e. The highest BCUT2D eigenvalue weighted by atomic mass is 35.5. The van der Waals surface area contributed by atoms with Crippen LogP contribution in [0.3, 0.4) is 0 Å². The van der Waals surface area contributed by atoms with Crippen LogP contribution in [0.1, 0.15) is 43.4 Å². The summed E-state index contributed by atoms with van der Waals surface area (Å²) in [5.74, 6) is -0.574. The van der Waals surface area contributed by atoms with Crippen LogP contribution in [0.25, 0.3) is 28.0 Å². The Bertz CT molecular complexity index is 1620. The Balaban J connectivity index is 1.35. The van der Waals surface area contributed by atoms with E-state index in [0.717, 1.165) is 36.8 Å². The molecule has 4 aromatic rings. The number of halogens is 2. The van der Waals surface area contributed by atoms with Crippen molar-refractivity contribution in [1.29, 1.82) is 5.41 Å². The fourth-order valence-corrected chi connectivity index (χ4v) is 5.50. The third-order valence-corrected chi connectivity index (χ3v) is 7.71. The summed E-state index contributed by atoms with van der Waals surface area (Å²) in [5, 5.41) is 14.4. The largest absolute Gasteiger partial charge is 0.378 e. The van der Waals surface area contributed by atoms with Crippen molar-refractivity contribution in [2.24, 2.45) is 11.5 Å². The van der Waals surface area contributed by atoms with Crippen LogP contribution in [-0.2, 0) is 11.2 Å². The van der Waals surface area contributed by atoms with E-state index < -0.39 is 11.5 Å². The molecule has 12 heteroatoms. The summed E-state index contributed by atoms with van der Waals surface area (Å²) >= 11 is 6.24. The van der Waals surface area contributed by atoms with E-state index >= 15 is 4.39 Å². The number of morpholine rings is 1. The minimum Gasteiger partial charge on any atom is -0.378 e. The Hall–Kier alpha value is -3.77. The highest BCUT2D eigenvalue weighted by molar-refractivity contribution is 6.31. The van der Waals surface area contributed by atoms with E-state index in [9.17, 15) is 4.79 Å². The van der Waals surface area contributed by atoms with Gasteiger partial charge in [-0.2, -0.15) is 4.98 Å². The molecule has 0 saturated carbocycles. The number of hydrogen-bond donors (Lipinski definition) is 6. The molecule has 0 radical (unpaired) electrons. The van der Waals surface area contributed by atoms with Crippen molar-refractivity contribution in [2.75, 3.05) is 19.8 Å². The zero-order valence-corrected chi connectivity index (χ0v) is 24.2. The van der Waals surface area contributed by atoms with E-state index in [4.69, 9.17) is 33.2 Å². The first kappa shape index (κ1) is 29.7. The lowest BCUT2D eigenvalue weighted by molar-refractivity contribution is 0.0431. The van der Waals surface area contributed by atoms with Crippen molar-refractivity contribution in [2.45, 2.75) is 50.7 Å². The summed E-state index contributed by atoms with van der Waals surface area (Å²) in [6, 6.07) is 13.1. The number of H-pyrrole nitrogens is 1. The van der Waals surface area contributed by atoms with Gasteiger partial charge in [0.2, 0.25) is 0 Å². The number of rotatable bonds is 10. The first-order chi connectivity index (χ1) is 20.2. The standard InChI is InChI=1S/C30H36ClFN8O2/c1-17(33)3-2-4-18-11-23(27(32)24(31)12-18)25-13-20-14-40(30(41)39-28(20)38-25)22-7-5-19(6-8-22)26-16-42-15-21(37-26)9-10-36-29(34)35/h5-8,11-14,17,21,26,37H,2-4,9-10,15-16,33H2,1H3,(H4,34,35,36)(H,38,39,41)/t17-,21-,26-/m0/s1. The van der Waals surface area contributed by atoms with Crippen molar-refractivity contribution in [3.8, 4) is 16.9 Å². The Kier molecular flexibility index (Phi) is 9.22. The van der Waals surface area contributed by atoms with Gasteiger partial charge in [-0.3, -0.25) is 9.98 Å². The minimum absolute atomic E-state index is 0.00382. The number of nitrogens with two attached hydrogens (primary N) is 2. The number of aromatic amines is 1. The molecule has 1 saturated heterocycles. The molecular formula is C30H36ClFN8O2. The zero-order chi connectivity index (χ0) is 29.8. The maximum absolute atomic E-state index is 15.1. The van der Waals surface area contributed by atoms with Gasteiger partial charge in [-0.15, -0.1) is 0 Å². The highest BCUT2D eigenvalue weighted by Gasteiger charge is 2.23. The second-order valence-corrected chi connectivity index (χ2v) is 11.3. The molecule has 1 aliphatic rings. The van der Waals surface area contributed by atoms with E-state index in [1.807, 2.05) is 31.2 Å². The van der Waals surface area contributed by atoms with Gasteiger partial charge in [0.25, 0.3) is 0 Å². The van der Waals surface area contributed by atoms with Crippen LogP contribution in [0.2, 0.25) is 5.02 Å². The molecule has 0 amide bonds. The number of hydrogen-bond acceptors (Lipinski definition) is 6. The molecule has 10 nitrogen and oxygen atoms in total. The first-order valence-electron chi connectivity index (χ1n) is 14.1. The number of aromatic nitrogens is 3. The molecule has 3 heterocycles. The first-order valence-corrected chi connectivity index (χ1v) is 14.4. The monoisotopic (exact) mass is 594 g/mol. The number of fused-ring (bicyclic) bond motifs is 1. The highest BCUT2D eigenvalue weighted by Crippen LogP contribution is 2.31. The van der Waals surface area contributed by atoms with Crippen molar-refractivity contribution in [3.63, 3.8) is 0 Å². The number of nitrogens with zero attached hydrogens (tertiary/aromatic N) is 2. The van der Waals surface area contributed by atoms with Gasteiger partial charge >= 0.3 is 5.69 Å². The van der Waals surface area contributed by atoms with Crippen LogP contribution in [0.5, 0.6) is 0 Å². The second-order valence-electron chi connectivity index (χ2n) is 10.9. The van der Waals surface area contributed by atoms with E-state index in [-0.39, 0.29) is 29.1 Å². The normalized spacial score (nSPS) is 17.8. The van der Waals surface area contributed by atoms with Crippen molar-refractivity contribution >= 4 is 28.6 Å². The number of benzene rings is 2. The molecule has 42 heavy (non-hydrogen) atoms. The third-order valence-electron chi connectivity index (χ3n) is 7.43. The van der Waals surface area contributed by atoms with E-state index in [0.29, 0.717) is 47.7 Å². The maximum atomic E-state index is 15.1. The zero-order valence-electron chi connectivity index (χ0n) is 23.4. The van der Waals surface area contributed by atoms with Gasteiger partial charge in [-0.25, -0.2) is 9.18 Å². The molecule has 1 fully saturated rings. The average molecular weight is 595 g/mol. The molecular weight excluding hydrogens is 559 g/mol. The third kappa shape index (κ3) is 6.99. The predicted octanol–water partition coefficient (Wildman–Crippen LogP) is 3.75. The molecule has 2 aromatic heterocycles. The van der Waals surface area contributed by atoms with Crippen LogP contribution in [-0.4, -0.2) is 52.3 Å². The van der Waals surface area contributed by atoms with Gasteiger partial charge in [-0.1, -0.05) is 23.7 Å². The van der Waals surface area contributed by atoms with Crippen LogP contribution >= 0.6 is 11.6 Å². The topological polar surface area (TPSA) is 160 Å². The molecule has 222 valence electrons. The summed E-state index contributed by atoms with van der Waals surface area (Å²) in [6.07, 6.45) is 4.93. The minimum atomic E-state index is -0.525. The summed E-state index contributed by atoms with van der Waals surface area (Å²) in [6.45, 7) is 3.66. The fourth-order valence-electron chi connectivity index (χ4n) is 5.25. The lowest BCUT2D eigenvalue weighted by Gasteiger charge is -2.31. The number of nitrogens with one attached hydrogen (secondary N) is 4. The molecule has 0 unspecified atom stereocenters. The van der Waals surface area contributed by atoms with Gasteiger partial charge in [0, 0.05) is 35.8 Å². The summed E-state index contributed by atoms with van der Waals surface area (Å²) in [5.41, 5.74) is 14.6. The quantitative estimate of drug-likeness (QED) is 0.120. The lowest BCUT2D eigenvalue weighted by Crippen LogP contribution is -2.45. The van der Waals surface area contributed by atoms with Crippen LogP contribution < -0.4 is 27.8 Å². The fraction of sp³-hybridized carbons (Fsp3) is 0.367. The van der Waals surface area contributed by atoms with E-state index in [1.54, 1.807) is 24.4 Å². The predicted molar refractivity (Wildman–Crippen MR) is 164 cm³/mol. The average Bonchev–Trinajstić information content (AvgIpc) is 3.37. The summed E-state index contributed by atoms with van der Waals surface area (Å²) < 4.78 is 22.4. The molecule has 3 atom stereocenters. The number of aryl methyl sites for hydroxylation is 1. The van der Waals surface area contributed by atoms with Crippen molar-refractivity contribution < 1.29 is 9.13 Å². The molecule has 0 aliphatic carbocycles. The van der Waals surface area contributed by atoms with Crippen LogP contribution in [0.15, 0.2) is 53.5 Å². The van der Waals surface area contributed by atoms with E-state index in [2.05, 4.69) is 20.6 Å². The van der Waals surface area contributed by atoms with Gasteiger partial charge in [0.1, 0.15) is 5.65 Å². The van der Waals surface area contributed by atoms with E-state index in [1.165, 1.54) is 4.57 Å². The molecule has 0 bridgehead atoms. The lowest BCUT2D eigenvalue weighted by atomic mass is 10.0. The van der Waals surface area contributed by atoms with Crippen molar-refractivity contribution in [1.82, 2.24) is 25.2 Å². The summed E-state index contributed by atoms with van der Waals surface area (Å²) in [4.78, 5) is 20.3. The van der Waals surface area contributed by atoms with Gasteiger partial charge in [-0.05, 0) is 74.1 Å². The number of ether oxygens (including phenoxy) is 1. The molecule has 1 aliphatic heterocycles. The Morgan fingerprint density at radius 2 is 2.07 bits per heavy atom. The Morgan fingerprint density at radius 3 is 2.81 bits per heavy atom. The van der Waals surface area contributed by atoms with Gasteiger partial charge < -0.3 is 31.8 Å². The van der Waals surface area contributed by atoms with Gasteiger partial charge in [0.15, 0.2) is 11.8 Å². The second kappa shape index (κ2) is 13.0. The SMILES string of the molecule is C[C@H](N)CCCc1cc(Cl)c(F)c(-c2cc3cn(-c4ccc([C@@H]5COC[C@H](CCNC(=N)N)N5)cc4)c(=O)nc3[nH]2)c1. The Labute approximate surface area is 248 Å². The molecule has 5 rings (SSSR count). The molecule has 2 aromatic carbocycles. The summed E-state index contributed by atoms with van der Waals surface area (Å²) in [7, 11) is 0. The van der Waals surface area contributed by atoms with Crippen LogP contribution in [0, 0.1) is 11.2 Å². The molecule has 0 spiro atoms.